The van der Waals surface area contributed by atoms with Gasteiger partial charge in [-0.1, -0.05) is 0 Å². The molecular weight excluding hydrogens is 311 g/mol. The molecule has 0 spiro atoms. The third-order valence-electron chi connectivity index (χ3n) is 0. The minimum absolute atomic E-state index is 0. The van der Waals surface area contributed by atoms with Crippen LogP contribution in [0.15, 0.2) is 0 Å². The van der Waals surface area contributed by atoms with E-state index in [0.717, 1.165) is 0 Å². The van der Waals surface area contributed by atoms with Gasteiger partial charge in [0.15, 0.2) is 0 Å². The molecule has 8 heavy (non-hydrogen) atoms. The van der Waals surface area contributed by atoms with E-state index in [9.17, 15) is 0 Å². The fourth-order valence-electron chi connectivity index (χ4n) is 0. The first kappa shape index (κ1) is 207. The average molecular weight is 326 g/mol. The molecule has 0 saturated heterocycles. The summed E-state index contributed by atoms with van der Waals surface area (Å²) in [6.45, 7) is 0. The zero-order valence-corrected chi connectivity index (χ0v) is 9.92. The van der Waals surface area contributed by atoms with E-state index >= 15 is 0 Å². The molecule has 0 unspecified atom stereocenters. The summed E-state index contributed by atoms with van der Waals surface area (Å²) in [5, 5.41) is 0. The molecule has 0 bridgehead atoms. The van der Waals surface area contributed by atoms with Crippen molar-refractivity contribution in [3.8, 4) is 0 Å². The van der Waals surface area contributed by atoms with E-state index in [0.29, 0.717) is 0 Å². The molecule has 0 rings (SSSR count). The summed E-state index contributed by atoms with van der Waals surface area (Å²) < 4.78 is 0. The van der Waals surface area contributed by atoms with Gasteiger partial charge >= 0.3 is 45.5 Å². The van der Waals surface area contributed by atoms with Gasteiger partial charge in [0.1, 0.15) is 0 Å². The van der Waals surface area contributed by atoms with Crippen molar-refractivity contribution < 1.29 is 35.7 Å². The Morgan fingerprint density at radius 2 is 0.500 bits per heavy atom. The Bertz CT molecular complexity index is 15.7. The van der Waals surface area contributed by atoms with Crippen molar-refractivity contribution in [3.63, 3.8) is 0 Å². The minimum Gasteiger partial charge on any atom is -1.00 e. The standard InChI is InChI=1S/HI.6H2O.Sr.2H/h1H;6*1H2;;;/q;;;;;;;+2;2*-1. The van der Waals surface area contributed by atoms with Crippen molar-refractivity contribution in [1.29, 1.82) is 0 Å². The molecule has 0 aromatic carbocycles. The van der Waals surface area contributed by atoms with E-state index in [1.54, 1.807) is 0 Å². The van der Waals surface area contributed by atoms with Crippen LogP contribution in [0.25, 0.3) is 0 Å². The number of hydrogen-bond donors (Lipinski definition) is 0. The molecule has 0 radical (unpaired) electrons. The fourth-order valence-corrected chi connectivity index (χ4v) is 0. The Morgan fingerprint density at radius 1 is 0.500 bits per heavy atom. The van der Waals surface area contributed by atoms with E-state index in [4.69, 9.17) is 0 Å². The molecule has 8 heteroatoms. The summed E-state index contributed by atoms with van der Waals surface area (Å²) >= 11 is 0. The predicted molar refractivity (Wildman–Crippen MR) is 45.1 cm³/mol. The molecule has 0 aromatic heterocycles. The van der Waals surface area contributed by atoms with Crippen LogP contribution in [0.3, 0.4) is 0 Å². The van der Waals surface area contributed by atoms with Crippen molar-refractivity contribution >= 4 is 69.5 Å². The topological polar surface area (TPSA) is 189 Å². The van der Waals surface area contributed by atoms with Gasteiger partial charge in [0, 0.05) is 0 Å². The largest absolute Gasteiger partial charge is 2.00 e. The van der Waals surface area contributed by atoms with Gasteiger partial charge in [-0.25, -0.2) is 0 Å². The molecule has 0 saturated carbocycles. The van der Waals surface area contributed by atoms with E-state index in [1.165, 1.54) is 0 Å². The SMILES string of the molecule is I.O.O.O.O.O.O.[H-].[H-].[Sr+2]. The fraction of sp³-hybridized carbons (Fsp3) is 0. The van der Waals surface area contributed by atoms with E-state index in [1.807, 2.05) is 0 Å². The molecule has 0 amide bonds. The van der Waals surface area contributed by atoms with Gasteiger partial charge in [0.2, 0.25) is 0 Å². The smallest absolute Gasteiger partial charge is 1.00 e. The number of halogens is 1. The molecular formula is H15IO6Sr. The van der Waals surface area contributed by atoms with Crippen LogP contribution in [0.4, 0.5) is 0 Å². The molecule has 0 atom stereocenters. The van der Waals surface area contributed by atoms with Gasteiger partial charge < -0.3 is 35.7 Å². The second-order valence-corrected chi connectivity index (χ2v) is 0. The van der Waals surface area contributed by atoms with Crippen molar-refractivity contribution in [2.75, 3.05) is 0 Å². The van der Waals surface area contributed by atoms with Crippen LogP contribution in [0.5, 0.6) is 0 Å². The zero-order chi connectivity index (χ0) is 0. The Morgan fingerprint density at radius 3 is 0.500 bits per heavy atom. The first-order valence-electron chi connectivity index (χ1n) is 0. The molecule has 0 heterocycles. The van der Waals surface area contributed by atoms with Gasteiger partial charge in [0.25, 0.3) is 0 Å². The minimum atomic E-state index is 0. The van der Waals surface area contributed by atoms with Crippen molar-refractivity contribution in [1.82, 2.24) is 0 Å². The third kappa shape index (κ3) is 99.7. The molecule has 0 aliphatic rings. The van der Waals surface area contributed by atoms with Crippen LogP contribution < -0.4 is 0 Å². The number of hydrogen-bond acceptors (Lipinski definition) is 0. The van der Waals surface area contributed by atoms with E-state index in [2.05, 4.69) is 0 Å². The van der Waals surface area contributed by atoms with Crippen LogP contribution >= 0.6 is 24.0 Å². The molecule has 12 N–H and O–H groups in total. The Balaban J connectivity index is 0. The van der Waals surface area contributed by atoms with Gasteiger partial charge in [-0.2, -0.15) is 0 Å². The summed E-state index contributed by atoms with van der Waals surface area (Å²) in [7, 11) is 0. The molecule has 60 valence electrons. The Kier molecular flexibility index (Phi) is 3790. The molecule has 0 aromatic rings. The van der Waals surface area contributed by atoms with Crippen LogP contribution in [-0.2, 0) is 0 Å². The van der Waals surface area contributed by atoms with Crippen LogP contribution in [0.1, 0.15) is 2.85 Å². The van der Waals surface area contributed by atoms with Crippen LogP contribution in [-0.4, -0.2) is 78.3 Å². The predicted octanol–water partition coefficient (Wildman–Crippen LogP) is -4.49. The zero-order valence-electron chi connectivity index (χ0n) is 6.12. The van der Waals surface area contributed by atoms with Crippen LogP contribution in [0.2, 0.25) is 0 Å². The molecule has 0 aliphatic heterocycles. The van der Waals surface area contributed by atoms with Gasteiger partial charge in [-0.3, -0.25) is 0 Å². The monoisotopic (exact) mass is 326 g/mol. The Hall–Kier alpha value is 1.97. The van der Waals surface area contributed by atoms with Crippen LogP contribution in [0, 0.1) is 0 Å². The van der Waals surface area contributed by atoms with E-state index < -0.39 is 0 Å². The van der Waals surface area contributed by atoms with Crippen molar-refractivity contribution in [2.45, 2.75) is 0 Å². The molecule has 6 nitrogen and oxygen atoms in total. The second-order valence-electron chi connectivity index (χ2n) is 0. The maximum atomic E-state index is 0. The summed E-state index contributed by atoms with van der Waals surface area (Å²) in [5.74, 6) is 0. The summed E-state index contributed by atoms with van der Waals surface area (Å²) in [4.78, 5) is 0. The summed E-state index contributed by atoms with van der Waals surface area (Å²) in [5.41, 5.74) is 0. The first-order valence-corrected chi connectivity index (χ1v) is 0. The summed E-state index contributed by atoms with van der Waals surface area (Å²) in [6.07, 6.45) is 0. The van der Waals surface area contributed by atoms with Gasteiger partial charge in [-0.05, 0) is 0 Å². The summed E-state index contributed by atoms with van der Waals surface area (Å²) in [6, 6.07) is 0. The van der Waals surface area contributed by atoms with Gasteiger partial charge in [-0.15, -0.1) is 24.0 Å². The van der Waals surface area contributed by atoms with E-state index in [-0.39, 0.29) is 105 Å². The quantitative estimate of drug-likeness (QED) is 0.307. The van der Waals surface area contributed by atoms with Gasteiger partial charge in [0.05, 0.1) is 0 Å². The maximum absolute atomic E-state index is 0. The van der Waals surface area contributed by atoms with Crippen molar-refractivity contribution in [2.24, 2.45) is 0 Å². The number of rotatable bonds is 0. The van der Waals surface area contributed by atoms with Crippen molar-refractivity contribution in [3.05, 3.63) is 0 Å². The molecule has 0 fully saturated rings. The average Bonchev–Trinajstić information content (AvgIpc) is 0. The Labute approximate surface area is 104 Å². The first-order chi connectivity index (χ1) is 0. The third-order valence-corrected chi connectivity index (χ3v) is 0. The molecule has 0 aliphatic carbocycles. The maximum Gasteiger partial charge on any atom is 2.00 e. The second kappa shape index (κ2) is 147. The normalized spacial score (nSPS) is 0.